The molecule has 1 nitrogen and oxygen atoms in total. The van der Waals surface area contributed by atoms with Crippen molar-refractivity contribution in [3.8, 4) is 0 Å². The van der Waals surface area contributed by atoms with Crippen LogP contribution in [0.15, 0.2) is 0 Å². The quantitative estimate of drug-likeness (QED) is 0.734. The van der Waals surface area contributed by atoms with Crippen molar-refractivity contribution < 1.29 is 0 Å². The van der Waals surface area contributed by atoms with E-state index < -0.39 is 0 Å². The lowest BCUT2D eigenvalue weighted by Gasteiger charge is -2.39. The third kappa shape index (κ3) is 2.96. The lowest BCUT2D eigenvalue weighted by atomic mass is 9.68. The maximum absolute atomic E-state index is 3.49. The summed E-state index contributed by atoms with van der Waals surface area (Å²) in [7, 11) is 0. The zero-order chi connectivity index (χ0) is 10.7. The van der Waals surface area contributed by atoms with Gasteiger partial charge in [-0.1, -0.05) is 20.3 Å². The first-order valence-electron chi connectivity index (χ1n) is 7.00. The Morgan fingerprint density at radius 1 is 1.00 bits per heavy atom. The zero-order valence-electron chi connectivity index (χ0n) is 10.5. The van der Waals surface area contributed by atoms with Gasteiger partial charge in [-0.3, -0.25) is 0 Å². The fourth-order valence-electron chi connectivity index (χ4n) is 3.84. The molecule has 3 unspecified atom stereocenters. The van der Waals surface area contributed by atoms with E-state index in [1.165, 1.54) is 51.6 Å². The molecular formula is C14H27N. The molecule has 1 saturated carbocycles. The standard InChI is InChI=1S/C14H27N/c1-3-12-8-11(2)9-14(10-12)13-4-6-15-7-5-13/h11-15H,3-10H2,1-2H3. The van der Waals surface area contributed by atoms with E-state index in [0.717, 1.165) is 23.7 Å². The van der Waals surface area contributed by atoms with Gasteiger partial charge in [0, 0.05) is 0 Å². The van der Waals surface area contributed by atoms with E-state index in [1.807, 2.05) is 0 Å². The average Bonchev–Trinajstić information content (AvgIpc) is 2.29. The van der Waals surface area contributed by atoms with Gasteiger partial charge in [0.25, 0.3) is 0 Å². The maximum atomic E-state index is 3.49. The van der Waals surface area contributed by atoms with Gasteiger partial charge in [-0.2, -0.15) is 0 Å². The molecule has 1 N–H and O–H groups in total. The van der Waals surface area contributed by atoms with Crippen LogP contribution < -0.4 is 5.32 Å². The van der Waals surface area contributed by atoms with Gasteiger partial charge in [-0.05, 0) is 68.9 Å². The van der Waals surface area contributed by atoms with Crippen LogP contribution in [0.25, 0.3) is 0 Å². The summed E-state index contributed by atoms with van der Waals surface area (Å²) < 4.78 is 0. The van der Waals surface area contributed by atoms with E-state index in [-0.39, 0.29) is 0 Å². The molecule has 1 aliphatic carbocycles. The molecule has 1 heteroatoms. The molecule has 0 spiro atoms. The number of hydrogen-bond donors (Lipinski definition) is 1. The predicted octanol–water partition coefficient (Wildman–Crippen LogP) is 3.45. The average molecular weight is 209 g/mol. The van der Waals surface area contributed by atoms with Crippen molar-refractivity contribution in [2.75, 3.05) is 13.1 Å². The van der Waals surface area contributed by atoms with E-state index in [2.05, 4.69) is 19.2 Å². The van der Waals surface area contributed by atoms with Crippen LogP contribution in [0, 0.1) is 23.7 Å². The van der Waals surface area contributed by atoms with Crippen molar-refractivity contribution in [1.29, 1.82) is 0 Å². The molecule has 88 valence electrons. The summed E-state index contributed by atoms with van der Waals surface area (Å²) in [5.74, 6) is 4.13. The highest BCUT2D eigenvalue weighted by Gasteiger charge is 2.31. The summed E-state index contributed by atoms with van der Waals surface area (Å²) >= 11 is 0. The summed E-state index contributed by atoms with van der Waals surface area (Å²) in [4.78, 5) is 0. The molecule has 0 bridgehead atoms. The van der Waals surface area contributed by atoms with Crippen LogP contribution in [0.2, 0.25) is 0 Å². The molecule has 1 aliphatic heterocycles. The second kappa shape index (κ2) is 5.34. The smallest absolute Gasteiger partial charge is 0.00462 e. The SMILES string of the molecule is CCC1CC(C)CC(C2CCNCC2)C1. The summed E-state index contributed by atoms with van der Waals surface area (Å²) in [6.07, 6.45) is 8.83. The highest BCUT2D eigenvalue weighted by molar-refractivity contribution is 4.83. The topological polar surface area (TPSA) is 12.0 Å². The highest BCUT2D eigenvalue weighted by atomic mass is 14.9. The Bertz CT molecular complexity index is 184. The number of rotatable bonds is 2. The molecule has 3 atom stereocenters. The Morgan fingerprint density at radius 3 is 2.40 bits per heavy atom. The second-order valence-electron chi connectivity index (χ2n) is 5.93. The molecule has 1 saturated heterocycles. The molecule has 1 heterocycles. The molecule has 0 aromatic heterocycles. The number of nitrogens with one attached hydrogen (secondary N) is 1. The second-order valence-corrected chi connectivity index (χ2v) is 5.93. The monoisotopic (exact) mass is 209 g/mol. The first kappa shape index (κ1) is 11.4. The molecule has 0 amide bonds. The van der Waals surface area contributed by atoms with Gasteiger partial charge in [0.05, 0.1) is 0 Å². The summed E-state index contributed by atoms with van der Waals surface area (Å²) in [5, 5.41) is 3.49. The predicted molar refractivity (Wildman–Crippen MR) is 65.9 cm³/mol. The van der Waals surface area contributed by atoms with Gasteiger partial charge >= 0.3 is 0 Å². The van der Waals surface area contributed by atoms with E-state index >= 15 is 0 Å². The fraction of sp³-hybridized carbons (Fsp3) is 1.00. The van der Waals surface area contributed by atoms with Gasteiger partial charge in [0.2, 0.25) is 0 Å². The third-order valence-electron chi connectivity index (χ3n) is 4.70. The van der Waals surface area contributed by atoms with E-state index in [4.69, 9.17) is 0 Å². The molecule has 2 rings (SSSR count). The van der Waals surface area contributed by atoms with Crippen LogP contribution in [-0.4, -0.2) is 13.1 Å². The third-order valence-corrected chi connectivity index (χ3v) is 4.70. The lowest BCUT2D eigenvalue weighted by Crippen LogP contribution is -2.35. The van der Waals surface area contributed by atoms with Crippen LogP contribution in [-0.2, 0) is 0 Å². The first-order chi connectivity index (χ1) is 7.29. The molecule has 0 aromatic rings. The molecule has 2 aliphatic rings. The normalized spacial score (nSPS) is 39.2. The molecular weight excluding hydrogens is 182 g/mol. The van der Waals surface area contributed by atoms with Gasteiger partial charge in [-0.15, -0.1) is 0 Å². The first-order valence-corrected chi connectivity index (χ1v) is 7.00. The molecule has 0 radical (unpaired) electrons. The minimum absolute atomic E-state index is 0.989. The van der Waals surface area contributed by atoms with Gasteiger partial charge in [0.15, 0.2) is 0 Å². The minimum atomic E-state index is 0.989. The largest absolute Gasteiger partial charge is 0.317 e. The highest BCUT2D eigenvalue weighted by Crippen LogP contribution is 2.40. The number of piperidine rings is 1. The summed E-state index contributed by atoms with van der Waals surface area (Å²) in [6, 6.07) is 0. The summed E-state index contributed by atoms with van der Waals surface area (Å²) in [5.41, 5.74) is 0. The Balaban J connectivity index is 1.89. The van der Waals surface area contributed by atoms with Crippen LogP contribution in [0.1, 0.15) is 52.4 Å². The fourth-order valence-corrected chi connectivity index (χ4v) is 3.84. The van der Waals surface area contributed by atoms with Crippen LogP contribution >= 0.6 is 0 Å². The van der Waals surface area contributed by atoms with Crippen molar-refractivity contribution in [2.24, 2.45) is 23.7 Å². The summed E-state index contributed by atoms with van der Waals surface area (Å²) in [6.45, 7) is 7.39. The minimum Gasteiger partial charge on any atom is -0.317 e. The van der Waals surface area contributed by atoms with Gasteiger partial charge in [-0.25, -0.2) is 0 Å². The molecule has 0 aromatic carbocycles. The van der Waals surface area contributed by atoms with Gasteiger partial charge < -0.3 is 5.32 Å². The van der Waals surface area contributed by atoms with Gasteiger partial charge in [0.1, 0.15) is 0 Å². The zero-order valence-corrected chi connectivity index (χ0v) is 10.5. The van der Waals surface area contributed by atoms with Crippen molar-refractivity contribution in [3.63, 3.8) is 0 Å². The van der Waals surface area contributed by atoms with Crippen LogP contribution in [0.3, 0.4) is 0 Å². The van der Waals surface area contributed by atoms with Crippen molar-refractivity contribution in [1.82, 2.24) is 5.32 Å². The maximum Gasteiger partial charge on any atom is -0.00462 e. The Morgan fingerprint density at radius 2 is 1.73 bits per heavy atom. The van der Waals surface area contributed by atoms with E-state index in [9.17, 15) is 0 Å². The Kier molecular flexibility index (Phi) is 4.07. The molecule has 15 heavy (non-hydrogen) atoms. The van der Waals surface area contributed by atoms with E-state index in [0.29, 0.717) is 0 Å². The molecule has 2 fully saturated rings. The Hall–Kier alpha value is -0.0400. The van der Waals surface area contributed by atoms with Crippen LogP contribution in [0.5, 0.6) is 0 Å². The van der Waals surface area contributed by atoms with Crippen molar-refractivity contribution in [2.45, 2.75) is 52.4 Å². The lowest BCUT2D eigenvalue weighted by molar-refractivity contribution is 0.128. The Labute approximate surface area is 95.0 Å². The van der Waals surface area contributed by atoms with Crippen LogP contribution in [0.4, 0.5) is 0 Å². The van der Waals surface area contributed by atoms with E-state index in [1.54, 1.807) is 0 Å². The van der Waals surface area contributed by atoms with Crippen molar-refractivity contribution in [3.05, 3.63) is 0 Å². The van der Waals surface area contributed by atoms with Crippen molar-refractivity contribution >= 4 is 0 Å². The number of hydrogen-bond acceptors (Lipinski definition) is 1.